The van der Waals surface area contributed by atoms with Crippen LogP contribution in [0.3, 0.4) is 0 Å². The lowest BCUT2D eigenvalue weighted by Crippen LogP contribution is -2.21. The molecule has 0 bridgehead atoms. The lowest BCUT2D eigenvalue weighted by atomic mass is 10.1. The highest BCUT2D eigenvalue weighted by Gasteiger charge is 2.39. The molecule has 140 valence electrons. The topological polar surface area (TPSA) is 46.9 Å². The van der Waals surface area contributed by atoms with Crippen LogP contribution in [0.1, 0.15) is 36.2 Å². The lowest BCUT2D eigenvalue weighted by molar-refractivity contribution is -0.142. The average Bonchev–Trinajstić information content (AvgIpc) is 2.74. The van der Waals surface area contributed by atoms with Crippen LogP contribution in [-0.4, -0.2) is 15.7 Å². The van der Waals surface area contributed by atoms with E-state index in [1.165, 1.54) is 0 Å². The number of fused-ring (bicyclic) bond motifs is 1. The number of carbonyl (C=O) groups excluding carboxylic acids is 1. The summed E-state index contributed by atoms with van der Waals surface area (Å²) < 4.78 is 41.1. The molecule has 0 unspecified atom stereocenters. The second-order valence-electron chi connectivity index (χ2n) is 6.13. The summed E-state index contributed by atoms with van der Waals surface area (Å²) in [6.07, 6.45) is -1.44. The molecule has 1 heterocycles. The first-order chi connectivity index (χ1) is 12.3. The van der Waals surface area contributed by atoms with Gasteiger partial charge in [-0.1, -0.05) is 35.7 Å². The molecular weight excluding hydrogens is 390 g/mol. The number of carbonyl (C=O) groups is 1. The summed E-state index contributed by atoms with van der Waals surface area (Å²) in [6, 6.07) is 4.75. The van der Waals surface area contributed by atoms with Gasteiger partial charge in [-0.3, -0.25) is 9.48 Å². The van der Waals surface area contributed by atoms with Crippen LogP contribution >= 0.6 is 23.2 Å². The molecule has 1 aromatic carbocycles. The average molecular weight is 406 g/mol. The van der Waals surface area contributed by atoms with Crippen molar-refractivity contribution < 1.29 is 18.0 Å². The molecule has 2 aromatic rings. The van der Waals surface area contributed by atoms with Crippen molar-refractivity contribution in [1.29, 1.82) is 0 Å². The number of amides is 1. The first kappa shape index (κ1) is 19.0. The molecule has 26 heavy (non-hydrogen) atoms. The molecule has 0 saturated carbocycles. The molecule has 9 heteroatoms. The maximum Gasteiger partial charge on any atom is 0.435 e. The number of aromatic nitrogens is 2. The maximum absolute atomic E-state index is 13.3. The number of benzene rings is 1. The van der Waals surface area contributed by atoms with Crippen LogP contribution in [0.2, 0.25) is 10.0 Å². The predicted octanol–water partition coefficient (Wildman–Crippen LogP) is 5.12. The number of anilines is 1. The number of halogens is 5. The summed E-state index contributed by atoms with van der Waals surface area (Å²) in [5, 5.41) is 6.75. The zero-order valence-corrected chi connectivity index (χ0v) is 15.2. The minimum absolute atomic E-state index is 0.207. The molecule has 1 aliphatic rings. The quantitative estimate of drug-likeness (QED) is 0.720. The molecule has 0 fully saturated rings. The van der Waals surface area contributed by atoms with Crippen molar-refractivity contribution in [3.05, 3.63) is 45.2 Å². The fraction of sp³-hybridized carbons (Fsp3) is 0.412. The van der Waals surface area contributed by atoms with Crippen LogP contribution in [0.4, 0.5) is 18.9 Å². The highest BCUT2D eigenvalue weighted by atomic mass is 35.5. The van der Waals surface area contributed by atoms with Crippen molar-refractivity contribution in [2.24, 2.45) is 0 Å². The van der Waals surface area contributed by atoms with E-state index in [4.69, 9.17) is 23.2 Å². The fourth-order valence-electron chi connectivity index (χ4n) is 3.14. The van der Waals surface area contributed by atoms with Gasteiger partial charge in [0, 0.05) is 11.3 Å². The van der Waals surface area contributed by atoms with E-state index in [2.05, 4.69) is 10.4 Å². The molecule has 4 nitrogen and oxygen atoms in total. The van der Waals surface area contributed by atoms with Gasteiger partial charge in [0.1, 0.15) is 6.54 Å². The summed E-state index contributed by atoms with van der Waals surface area (Å²) in [4.78, 5) is 12.3. The van der Waals surface area contributed by atoms with Gasteiger partial charge in [0.15, 0.2) is 5.69 Å². The number of hydrogen-bond donors (Lipinski definition) is 1. The normalized spacial score (nSPS) is 14.7. The highest BCUT2D eigenvalue weighted by molar-refractivity contribution is 6.39. The Morgan fingerprint density at radius 2 is 1.81 bits per heavy atom. The Labute approximate surface area is 158 Å². The standard InChI is InChI=1S/C17H16Cl2F3N3O/c18-11-6-4-7-12(19)15(11)23-14(26)9-25-13-8-3-1-2-5-10(13)16(24-25)17(20,21)22/h4,6-7H,1-3,5,8-9H2,(H,23,26). The second-order valence-corrected chi connectivity index (χ2v) is 6.95. The minimum Gasteiger partial charge on any atom is -0.322 e. The van der Waals surface area contributed by atoms with Gasteiger partial charge < -0.3 is 5.32 Å². The van der Waals surface area contributed by atoms with E-state index in [1.807, 2.05) is 0 Å². The zero-order chi connectivity index (χ0) is 18.9. The van der Waals surface area contributed by atoms with Gasteiger partial charge in [-0.25, -0.2) is 0 Å². The molecule has 0 spiro atoms. The Bertz CT molecular complexity index is 813. The summed E-state index contributed by atoms with van der Waals surface area (Å²) in [7, 11) is 0. The van der Waals surface area contributed by atoms with Gasteiger partial charge in [0.05, 0.1) is 15.7 Å². The van der Waals surface area contributed by atoms with Gasteiger partial charge in [0.2, 0.25) is 5.91 Å². The molecule has 1 aliphatic carbocycles. The Hall–Kier alpha value is -1.73. The Morgan fingerprint density at radius 1 is 1.15 bits per heavy atom. The summed E-state index contributed by atoms with van der Waals surface area (Å²) in [5.41, 5.74) is 0.0295. The van der Waals surface area contributed by atoms with Gasteiger partial charge in [-0.05, 0) is 37.8 Å². The van der Waals surface area contributed by atoms with Gasteiger partial charge in [-0.15, -0.1) is 0 Å². The monoisotopic (exact) mass is 405 g/mol. The van der Waals surface area contributed by atoms with E-state index in [0.29, 0.717) is 25.0 Å². The van der Waals surface area contributed by atoms with Crippen molar-refractivity contribution in [1.82, 2.24) is 9.78 Å². The second kappa shape index (κ2) is 7.48. The van der Waals surface area contributed by atoms with Crippen LogP contribution in [0.15, 0.2) is 18.2 Å². The summed E-state index contributed by atoms with van der Waals surface area (Å²) >= 11 is 12.0. The van der Waals surface area contributed by atoms with Crippen molar-refractivity contribution in [2.75, 3.05) is 5.32 Å². The Kier molecular flexibility index (Phi) is 5.48. The van der Waals surface area contributed by atoms with E-state index in [-0.39, 0.29) is 27.8 Å². The van der Waals surface area contributed by atoms with Crippen molar-refractivity contribution in [3.63, 3.8) is 0 Å². The van der Waals surface area contributed by atoms with E-state index < -0.39 is 17.8 Å². The number of para-hydroxylation sites is 1. The van der Waals surface area contributed by atoms with Crippen LogP contribution in [-0.2, 0) is 30.4 Å². The first-order valence-corrected chi connectivity index (χ1v) is 8.92. The number of alkyl halides is 3. The van der Waals surface area contributed by atoms with Crippen LogP contribution in [0.5, 0.6) is 0 Å². The SMILES string of the molecule is O=C(Cn1nc(C(F)(F)F)c2c1CCCCC2)Nc1c(Cl)cccc1Cl. The molecule has 0 atom stereocenters. The fourth-order valence-corrected chi connectivity index (χ4v) is 3.63. The Balaban J connectivity index is 1.88. The number of nitrogens with zero attached hydrogens (tertiary/aromatic N) is 2. The van der Waals surface area contributed by atoms with Gasteiger partial charge in [0.25, 0.3) is 0 Å². The minimum atomic E-state index is -4.54. The maximum atomic E-state index is 13.3. The zero-order valence-electron chi connectivity index (χ0n) is 13.7. The van der Waals surface area contributed by atoms with Crippen molar-refractivity contribution in [2.45, 2.75) is 44.8 Å². The molecule has 1 amide bonds. The molecule has 1 N–H and O–H groups in total. The van der Waals surface area contributed by atoms with E-state index in [0.717, 1.165) is 17.5 Å². The third-order valence-corrected chi connectivity index (χ3v) is 4.93. The van der Waals surface area contributed by atoms with E-state index >= 15 is 0 Å². The molecule has 0 saturated heterocycles. The molecular formula is C17H16Cl2F3N3O. The van der Waals surface area contributed by atoms with Crippen molar-refractivity contribution >= 4 is 34.8 Å². The van der Waals surface area contributed by atoms with Crippen LogP contribution < -0.4 is 5.32 Å². The lowest BCUT2D eigenvalue weighted by Gasteiger charge is -2.11. The molecule has 0 aliphatic heterocycles. The summed E-state index contributed by atoms with van der Waals surface area (Å²) in [5.74, 6) is -0.539. The van der Waals surface area contributed by atoms with E-state index in [1.54, 1.807) is 18.2 Å². The smallest absolute Gasteiger partial charge is 0.322 e. The summed E-state index contributed by atoms with van der Waals surface area (Å²) in [6.45, 7) is -0.333. The van der Waals surface area contributed by atoms with Crippen molar-refractivity contribution in [3.8, 4) is 0 Å². The number of nitrogens with one attached hydrogen (secondary N) is 1. The van der Waals surface area contributed by atoms with Gasteiger partial charge in [-0.2, -0.15) is 18.3 Å². The Morgan fingerprint density at radius 3 is 2.46 bits per heavy atom. The predicted molar refractivity (Wildman–Crippen MR) is 93.6 cm³/mol. The third kappa shape index (κ3) is 3.99. The molecule has 0 radical (unpaired) electrons. The van der Waals surface area contributed by atoms with Crippen LogP contribution in [0, 0.1) is 0 Å². The van der Waals surface area contributed by atoms with Gasteiger partial charge >= 0.3 is 6.18 Å². The molecule has 3 rings (SSSR count). The first-order valence-electron chi connectivity index (χ1n) is 8.17. The highest BCUT2D eigenvalue weighted by Crippen LogP contribution is 2.35. The largest absolute Gasteiger partial charge is 0.435 e. The third-order valence-electron chi connectivity index (χ3n) is 4.30. The number of hydrogen-bond acceptors (Lipinski definition) is 2. The van der Waals surface area contributed by atoms with Crippen LogP contribution in [0.25, 0.3) is 0 Å². The van der Waals surface area contributed by atoms with E-state index in [9.17, 15) is 18.0 Å². The number of rotatable bonds is 3. The molecule has 1 aromatic heterocycles.